The van der Waals surface area contributed by atoms with E-state index in [4.69, 9.17) is 0 Å². The Kier molecular flexibility index (Phi) is 5.76. The van der Waals surface area contributed by atoms with E-state index >= 15 is 0 Å². The van der Waals surface area contributed by atoms with Gasteiger partial charge in [0.25, 0.3) is 5.91 Å². The second-order valence-electron chi connectivity index (χ2n) is 6.84. The zero-order valence-corrected chi connectivity index (χ0v) is 16.5. The lowest BCUT2D eigenvalue weighted by atomic mass is 10.2. The Hall–Kier alpha value is -2.93. The van der Waals surface area contributed by atoms with E-state index in [2.05, 4.69) is 10.3 Å². The van der Waals surface area contributed by atoms with Crippen LogP contribution < -0.4 is 10.2 Å². The number of amidine groups is 1. The number of anilines is 1. The number of hydrogen-bond donors (Lipinski definition) is 1. The molecule has 2 aliphatic rings. The quantitative estimate of drug-likeness (QED) is 0.781. The first-order chi connectivity index (χ1) is 14.1. The van der Waals surface area contributed by atoms with Crippen LogP contribution in [0.2, 0.25) is 0 Å². The summed E-state index contributed by atoms with van der Waals surface area (Å²) < 4.78 is 13.4. The molecule has 2 amide bonds. The zero-order chi connectivity index (χ0) is 20.2. The molecule has 0 spiro atoms. The van der Waals surface area contributed by atoms with Gasteiger partial charge in [0.1, 0.15) is 11.5 Å². The van der Waals surface area contributed by atoms with Crippen LogP contribution in [0, 0.1) is 5.82 Å². The maximum atomic E-state index is 13.4. The lowest BCUT2D eigenvalue weighted by Gasteiger charge is -2.20. The summed E-state index contributed by atoms with van der Waals surface area (Å²) in [5.41, 5.74) is 1.67. The van der Waals surface area contributed by atoms with Gasteiger partial charge in [-0.05, 0) is 48.7 Å². The highest BCUT2D eigenvalue weighted by atomic mass is 32.2. The van der Waals surface area contributed by atoms with Crippen molar-refractivity contribution < 1.29 is 14.0 Å². The van der Waals surface area contributed by atoms with E-state index < -0.39 is 0 Å². The third-order valence-electron chi connectivity index (χ3n) is 4.75. The summed E-state index contributed by atoms with van der Waals surface area (Å²) in [5, 5.41) is 3.03. The minimum Gasteiger partial charge on any atom is -0.355 e. The van der Waals surface area contributed by atoms with E-state index in [9.17, 15) is 14.0 Å². The van der Waals surface area contributed by atoms with Crippen LogP contribution in [0.3, 0.4) is 0 Å². The summed E-state index contributed by atoms with van der Waals surface area (Å²) in [6.07, 6.45) is 4.31. The molecular weight excluding hydrogens is 389 g/mol. The standard InChI is InChI=1S/C22H20FN3O2S/c23-16-9-11-17(12-10-16)26-21(28)18(14-15-6-2-1-3-7-15)25-22(26)29-19-8-4-5-13-24-20(19)27/h1-3,6-7,9-12,14,19H,4-5,8,13H2,(H,24,27). The number of hydrogen-bond acceptors (Lipinski definition) is 4. The molecular formula is C22H20FN3O2S. The summed E-state index contributed by atoms with van der Waals surface area (Å²) in [6.45, 7) is 0.669. The fraction of sp³-hybridized carbons (Fsp3) is 0.227. The van der Waals surface area contributed by atoms with Gasteiger partial charge in [-0.2, -0.15) is 0 Å². The Morgan fingerprint density at radius 3 is 2.59 bits per heavy atom. The SMILES string of the molecule is O=C1NCCCCC1SC1=NC(=Cc2ccccc2)C(=O)N1c1ccc(F)cc1. The fourth-order valence-electron chi connectivity index (χ4n) is 3.25. The largest absolute Gasteiger partial charge is 0.355 e. The average molecular weight is 409 g/mol. The van der Waals surface area contributed by atoms with Crippen LogP contribution in [0.1, 0.15) is 24.8 Å². The molecule has 2 aromatic carbocycles. The Balaban J connectivity index is 1.69. The topological polar surface area (TPSA) is 61.8 Å². The molecule has 2 heterocycles. The zero-order valence-electron chi connectivity index (χ0n) is 15.7. The summed E-state index contributed by atoms with van der Waals surface area (Å²) in [7, 11) is 0. The number of rotatable bonds is 3. The van der Waals surface area contributed by atoms with Crippen LogP contribution in [-0.2, 0) is 9.59 Å². The predicted molar refractivity (Wildman–Crippen MR) is 114 cm³/mol. The second kappa shape index (κ2) is 8.61. The van der Waals surface area contributed by atoms with Crippen LogP contribution in [0.5, 0.6) is 0 Å². The molecule has 7 heteroatoms. The molecule has 0 bridgehead atoms. The number of aliphatic imine (C=N–C) groups is 1. The highest BCUT2D eigenvalue weighted by molar-refractivity contribution is 8.15. The van der Waals surface area contributed by atoms with Crippen molar-refractivity contribution in [1.29, 1.82) is 0 Å². The number of nitrogens with zero attached hydrogens (tertiary/aromatic N) is 2. The van der Waals surface area contributed by atoms with Gasteiger partial charge in [-0.1, -0.05) is 48.5 Å². The van der Waals surface area contributed by atoms with Gasteiger partial charge in [-0.25, -0.2) is 9.38 Å². The number of carbonyl (C=O) groups is 2. The number of carbonyl (C=O) groups excluding carboxylic acids is 2. The first kappa shape index (κ1) is 19.4. The van der Waals surface area contributed by atoms with E-state index in [1.165, 1.54) is 28.8 Å². The molecule has 0 aromatic heterocycles. The number of thioether (sulfide) groups is 1. The van der Waals surface area contributed by atoms with E-state index in [-0.39, 0.29) is 28.6 Å². The molecule has 1 saturated heterocycles. The maximum Gasteiger partial charge on any atom is 0.283 e. The number of amides is 2. The van der Waals surface area contributed by atoms with Crippen molar-refractivity contribution in [3.63, 3.8) is 0 Å². The molecule has 1 unspecified atom stereocenters. The minimum atomic E-state index is -0.380. The third-order valence-corrected chi connectivity index (χ3v) is 5.97. The van der Waals surface area contributed by atoms with Crippen molar-refractivity contribution in [3.8, 4) is 0 Å². The molecule has 1 N–H and O–H groups in total. The van der Waals surface area contributed by atoms with Crippen LogP contribution in [-0.4, -0.2) is 28.8 Å². The van der Waals surface area contributed by atoms with E-state index in [0.29, 0.717) is 17.4 Å². The third kappa shape index (κ3) is 4.40. The molecule has 0 saturated carbocycles. The van der Waals surface area contributed by atoms with Gasteiger partial charge in [0.05, 0.1) is 10.9 Å². The van der Waals surface area contributed by atoms with Crippen molar-refractivity contribution in [3.05, 3.63) is 71.7 Å². The van der Waals surface area contributed by atoms with E-state index in [0.717, 1.165) is 24.8 Å². The normalized spacial score (nSPS) is 21.1. The number of nitrogens with one attached hydrogen (secondary N) is 1. The second-order valence-corrected chi connectivity index (χ2v) is 8.01. The van der Waals surface area contributed by atoms with Gasteiger partial charge >= 0.3 is 0 Å². The van der Waals surface area contributed by atoms with Crippen LogP contribution in [0.15, 0.2) is 65.3 Å². The first-order valence-electron chi connectivity index (χ1n) is 9.51. The summed E-state index contributed by atoms with van der Waals surface area (Å²) in [6, 6.07) is 15.2. The van der Waals surface area contributed by atoms with Crippen LogP contribution in [0.4, 0.5) is 10.1 Å². The van der Waals surface area contributed by atoms with Crippen molar-refractivity contribution >= 4 is 40.5 Å². The summed E-state index contributed by atoms with van der Waals surface area (Å²) in [5.74, 6) is -0.714. The molecule has 5 nitrogen and oxygen atoms in total. The fourth-order valence-corrected chi connectivity index (χ4v) is 4.43. The van der Waals surface area contributed by atoms with Gasteiger partial charge in [-0.15, -0.1) is 0 Å². The predicted octanol–water partition coefficient (Wildman–Crippen LogP) is 3.97. The van der Waals surface area contributed by atoms with Crippen molar-refractivity contribution in [2.75, 3.05) is 11.4 Å². The lowest BCUT2D eigenvalue weighted by molar-refractivity contribution is -0.120. The Morgan fingerprint density at radius 1 is 1.07 bits per heavy atom. The van der Waals surface area contributed by atoms with Gasteiger partial charge in [0.2, 0.25) is 5.91 Å². The smallest absolute Gasteiger partial charge is 0.283 e. The Morgan fingerprint density at radius 2 is 1.83 bits per heavy atom. The van der Waals surface area contributed by atoms with Gasteiger partial charge < -0.3 is 5.32 Å². The maximum absolute atomic E-state index is 13.4. The van der Waals surface area contributed by atoms with Gasteiger partial charge in [0.15, 0.2) is 5.17 Å². The minimum absolute atomic E-state index is 0.0396. The van der Waals surface area contributed by atoms with Crippen molar-refractivity contribution in [1.82, 2.24) is 5.32 Å². The van der Waals surface area contributed by atoms with Gasteiger partial charge in [0, 0.05) is 6.54 Å². The molecule has 1 atom stereocenters. The molecule has 29 heavy (non-hydrogen) atoms. The highest BCUT2D eigenvalue weighted by Crippen LogP contribution is 2.33. The van der Waals surface area contributed by atoms with Crippen molar-refractivity contribution in [2.45, 2.75) is 24.5 Å². The summed E-state index contributed by atoms with van der Waals surface area (Å²) in [4.78, 5) is 31.5. The lowest BCUT2D eigenvalue weighted by Crippen LogP contribution is -2.35. The monoisotopic (exact) mass is 409 g/mol. The Bertz CT molecular complexity index is 973. The Labute approximate surface area is 172 Å². The van der Waals surface area contributed by atoms with E-state index in [1.54, 1.807) is 18.2 Å². The van der Waals surface area contributed by atoms with Crippen LogP contribution in [0.25, 0.3) is 6.08 Å². The number of benzene rings is 2. The number of halogens is 1. The molecule has 4 rings (SSSR count). The molecule has 148 valence electrons. The van der Waals surface area contributed by atoms with Crippen molar-refractivity contribution in [2.24, 2.45) is 4.99 Å². The molecule has 2 aliphatic heterocycles. The molecule has 0 aliphatic carbocycles. The molecule has 2 aromatic rings. The molecule has 1 fully saturated rings. The highest BCUT2D eigenvalue weighted by Gasteiger charge is 2.35. The molecule has 0 radical (unpaired) electrons. The summed E-state index contributed by atoms with van der Waals surface area (Å²) >= 11 is 1.28. The average Bonchev–Trinajstić information content (AvgIpc) is 2.88. The van der Waals surface area contributed by atoms with Gasteiger partial charge in [-0.3, -0.25) is 14.5 Å². The first-order valence-corrected chi connectivity index (χ1v) is 10.4. The van der Waals surface area contributed by atoms with Crippen LogP contribution >= 0.6 is 11.8 Å². The van der Waals surface area contributed by atoms with E-state index in [1.807, 2.05) is 30.3 Å².